The van der Waals surface area contributed by atoms with E-state index in [0.29, 0.717) is 29.7 Å². The molecule has 0 saturated carbocycles. The van der Waals surface area contributed by atoms with Crippen molar-refractivity contribution in [3.05, 3.63) is 49.5 Å². The second-order valence-corrected chi connectivity index (χ2v) is 9.01. The van der Waals surface area contributed by atoms with E-state index in [9.17, 15) is 9.59 Å². The fourth-order valence-electron chi connectivity index (χ4n) is 2.27. The molecule has 0 aliphatic rings. The van der Waals surface area contributed by atoms with E-state index in [1.54, 1.807) is 28.1 Å². The molecule has 0 aliphatic heterocycles. The first-order valence-corrected chi connectivity index (χ1v) is 11.1. The van der Waals surface area contributed by atoms with Gasteiger partial charge in [-0.05, 0) is 11.4 Å². The van der Waals surface area contributed by atoms with E-state index in [4.69, 9.17) is 0 Å². The molecule has 0 atom stereocenters. The van der Waals surface area contributed by atoms with Crippen molar-refractivity contribution in [3.63, 3.8) is 0 Å². The Labute approximate surface area is 169 Å². The minimum absolute atomic E-state index is 0.104. The predicted molar refractivity (Wildman–Crippen MR) is 111 cm³/mol. The smallest absolute Gasteiger partial charge is 0.231 e. The highest BCUT2D eigenvalue weighted by Gasteiger charge is 2.12. The van der Waals surface area contributed by atoms with Crippen molar-refractivity contribution in [1.29, 1.82) is 0 Å². The summed E-state index contributed by atoms with van der Waals surface area (Å²) in [4.78, 5) is 33.9. The molecule has 3 aromatic rings. The van der Waals surface area contributed by atoms with Gasteiger partial charge in [-0.3, -0.25) is 9.59 Å². The molecule has 9 heteroatoms. The number of thiophene rings is 1. The van der Waals surface area contributed by atoms with Crippen LogP contribution in [0.1, 0.15) is 41.0 Å². The largest absolute Gasteiger partial charge is 0.350 e. The van der Waals surface area contributed by atoms with Crippen LogP contribution in [0, 0.1) is 0 Å². The number of hydrogen-bond donors (Lipinski definition) is 2. The second-order valence-electron chi connectivity index (χ2n) is 6.23. The van der Waals surface area contributed by atoms with Crippen molar-refractivity contribution in [1.82, 2.24) is 15.3 Å². The van der Waals surface area contributed by atoms with Crippen LogP contribution in [0.2, 0.25) is 0 Å². The number of aromatic nitrogens is 2. The Bertz CT molecular complexity index is 900. The normalized spacial score (nSPS) is 10.9. The zero-order valence-electron chi connectivity index (χ0n) is 15.0. The molecule has 0 unspecified atom stereocenters. The molecule has 6 nitrogen and oxygen atoms in total. The van der Waals surface area contributed by atoms with Crippen LogP contribution in [-0.2, 0) is 29.0 Å². The van der Waals surface area contributed by atoms with Gasteiger partial charge in [0.05, 0.1) is 35.8 Å². The summed E-state index contributed by atoms with van der Waals surface area (Å²) in [6.07, 6.45) is 0.511. The average molecular weight is 421 g/mol. The van der Waals surface area contributed by atoms with E-state index >= 15 is 0 Å². The summed E-state index contributed by atoms with van der Waals surface area (Å²) in [6, 6.07) is 3.84. The van der Waals surface area contributed by atoms with Crippen LogP contribution in [0.25, 0.3) is 0 Å². The van der Waals surface area contributed by atoms with E-state index in [-0.39, 0.29) is 18.2 Å². The first-order chi connectivity index (χ1) is 13.0. The van der Waals surface area contributed by atoms with Gasteiger partial charge in [-0.25, -0.2) is 9.97 Å². The monoisotopic (exact) mass is 420 g/mol. The maximum Gasteiger partial charge on any atom is 0.231 e. The molecule has 142 valence electrons. The summed E-state index contributed by atoms with van der Waals surface area (Å²) < 4.78 is 0. The van der Waals surface area contributed by atoms with E-state index < -0.39 is 0 Å². The van der Waals surface area contributed by atoms with Crippen LogP contribution >= 0.6 is 34.0 Å². The van der Waals surface area contributed by atoms with Crippen LogP contribution in [0.4, 0.5) is 5.13 Å². The molecule has 3 rings (SSSR count). The predicted octanol–water partition coefficient (Wildman–Crippen LogP) is 3.82. The number of amides is 2. The van der Waals surface area contributed by atoms with Gasteiger partial charge in [-0.15, -0.1) is 34.0 Å². The van der Waals surface area contributed by atoms with E-state index in [0.717, 1.165) is 15.6 Å². The maximum absolute atomic E-state index is 12.1. The molecular formula is C18H20N4O2S3. The van der Waals surface area contributed by atoms with Gasteiger partial charge >= 0.3 is 0 Å². The second kappa shape index (κ2) is 9.20. The number of thiazole rings is 2. The van der Waals surface area contributed by atoms with Crippen molar-refractivity contribution < 1.29 is 9.59 Å². The van der Waals surface area contributed by atoms with Gasteiger partial charge < -0.3 is 10.6 Å². The number of anilines is 1. The molecule has 0 aliphatic carbocycles. The Hall–Kier alpha value is -2.10. The highest BCUT2D eigenvalue weighted by molar-refractivity contribution is 7.14. The van der Waals surface area contributed by atoms with E-state index in [1.165, 1.54) is 11.3 Å². The van der Waals surface area contributed by atoms with Gasteiger partial charge in [-0.1, -0.05) is 19.9 Å². The summed E-state index contributed by atoms with van der Waals surface area (Å²) in [5.41, 5.74) is 1.52. The summed E-state index contributed by atoms with van der Waals surface area (Å²) >= 11 is 4.48. The van der Waals surface area contributed by atoms with Crippen molar-refractivity contribution in [2.24, 2.45) is 0 Å². The number of carbonyl (C=O) groups is 2. The highest BCUT2D eigenvalue weighted by atomic mass is 32.1. The highest BCUT2D eigenvalue weighted by Crippen LogP contribution is 2.19. The lowest BCUT2D eigenvalue weighted by Gasteiger charge is -2.02. The van der Waals surface area contributed by atoms with Gasteiger partial charge in [0.2, 0.25) is 11.8 Å². The number of hydrogen-bond acceptors (Lipinski definition) is 7. The van der Waals surface area contributed by atoms with Crippen molar-refractivity contribution >= 4 is 51.0 Å². The van der Waals surface area contributed by atoms with Crippen LogP contribution < -0.4 is 10.6 Å². The third-order valence-corrected chi connectivity index (χ3v) is 6.46. The van der Waals surface area contributed by atoms with E-state index in [2.05, 4.69) is 34.4 Å². The van der Waals surface area contributed by atoms with Crippen LogP contribution in [-0.4, -0.2) is 21.8 Å². The van der Waals surface area contributed by atoms with Crippen molar-refractivity contribution in [2.45, 2.75) is 39.2 Å². The molecule has 27 heavy (non-hydrogen) atoms. The summed E-state index contributed by atoms with van der Waals surface area (Å²) in [7, 11) is 0. The van der Waals surface area contributed by atoms with Gasteiger partial charge in [0, 0.05) is 21.6 Å². The molecule has 3 heterocycles. The summed E-state index contributed by atoms with van der Waals surface area (Å²) in [5, 5.41) is 12.9. The molecule has 0 bridgehead atoms. The molecule has 0 saturated heterocycles. The number of rotatable bonds is 8. The summed E-state index contributed by atoms with van der Waals surface area (Å²) in [5.74, 6) is 0.172. The topological polar surface area (TPSA) is 84.0 Å². The zero-order chi connectivity index (χ0) is 19.2. The van der Waals surface area contributed by atoms with Crippen molar-refractivity contribution in [2.75, 3.05) is 5.32 Å². The van der Waals surface area contributed by atoms with Crippen LogP contribution in [0.5, 0.6) is 0 Å². The van der Waals surface area contributed by atoms with Gasteiger partial charge in [-0.2, -0.15) is 0 Å². The third kappa shape index (κ3) is 5.95. The SMILES string of the molecule is CC(C)c1nc(CNC(=O)Cc2csc(NC(=O)Cc3cccs3)n2)cs1. The Balaban J connectivity index is 1.45. The number of carbonyl (C=O) groups excluding carboxylic acids is 2. The quantitative estimate of drug-likeness (QED) is 0.580. The number of nitrogens with one attached hydrogen (secondary N) is 2. The molecule has 2 N–H and O–H groups in total. The fourth-order valence-corrected chi connectivity index (χ4v) is 4.53. The molecular weight excluding hydrogens is 400 g/mol. The molecule has 0 fully saturated rings. The maximum atomic E-state index is 12.1. The molecule has 0 spiro atoms. The van der Waals surface area contributed by atoms with Gasteiger partial charge in [0.15, 0.2) is 5.13 Å². The van der Waals surface area contributed by atoms with Crippen molar-refractivity contribution in [3.8, 4) is 0 Å². The molecule has 0 aromatic carbocycles. The van der Waals surface area contributed by atoms with Crippen LogP contribution in [0.15, 0.2) is 28.3 Å². The average Bonchev–Trinajstić information content (AvgIpc) is 3.35. The van der Waals surface area contributed by atoms with E-state index in [1.807, 2.05) is 22.9 Å². The molecule has 0 radical (unpaired) electrons. The molecule has 2 amide bonds. The minimum Gasteiger partial charge on any atom is -0.350 e. The van der Waals surface area contributed by atoms with Gasteiger partial charge in [0.1, 0.15) is 0 Å². The fraction of sp³-hybridized carbons (Fsp3) is 0.333. The Morgan fingerprint density at radius 2 is 1.85 bits per heavy atom. The van der Waals surface area contributed by atoms with Gasteiger partial charge in [0.25, 0.3) is 0 Å². The minimum atomic E-state index is -0.115. The zero-order valence-corrected chi connectivity index (χ0v) is 17.5. The summed E-state index contributed by atoms with van der Waals surface area (Å²) in [6.45, 7) is 4.61. The lowest BCUT2D eigenvalue weighted by molar-refractivity contribution is -0.120. The molecule has 3 aromatic heterocycles. The Kier molecular flexibility index (Phi) is 6.70. The standard InChI is InChI=1S/C18H20N4O2S3/c1-11(2)17-20-13(10-26-17)8-19-15(23)6-12-9-27-18(21-12)22-16(24)7-14-4-3-5-25-14/h3-5,9-11H,6-8H2,1-2H3,(H,19,23)(H,21,22,24). The first kappa shape index (κ1) is 19.7. The van der Waals surface area contributed by atoms with Crippen LogP contribution in [0.3, 0.4) is 0 Å². The first-order valence-electron chi connectivity index (χ1n) is 8.47. The Morgan fingerprint density at radius 3 is 2.56 bits per heavy atom. The lowest BCUT2D eigenvalue weighted by Crippen LogP contribution is -2.24. The lowest BCUT2D eigenvalue weighted by atomic mass is 10.2. The number of nitrogens with zero attached hydrogens (tertiary/aromatic N) is 2. The third-order valence-electron chi connectivity index (χ3n) is 3.58. The Morgan fingerprint density at radius 1 is 1.04 bits per heavy atom.